The molecule has 0 aliphatic carbocycles. The lowest BCUT2D eigenvalue weighted by Crippen LogP contribution is -2.43. The van der Waals surface area contributed by atoms with Crippen LogP contribution in [0.15, 0.2) is 93.3 Å². The summed E-state index contributed by atoms with van der Waals surface area (Å²) in [6.07, 6.45) is 1.16. The van der Waals surface area contributed by atoms with Crippen molar-refractivity contribution in [3.05, 3.63) is 84.2 Å². The SMILES string of the molecule is O=C(Nc1ccc(S(=O)(=O)Nc2cccc3ccccc23)cc1)[C@H]1CCCN(S(=O)(=O)c2cccs2)C1. The minimum absolute atomic E-state index is 0.0596. The number of amides is 1. The van der Waals surface area contributed by atoms with E-state index in [2.05, 4.69) is 10.0 Å². The van der Waals surface area contributed by atoms with Crippen molar-refractivity contribution in [2.45, 2.75) is 21.9 Å². The monoisotopic (exact) mass is 555 g/mol. The van der Waals surface area contributed by atoms with Gasteiger partial charge in [0.1, 0.15) is 4.21 Å². The van der Waals surface area contributed by atoms with E-state index < -0.39 is 26.0 Å². The molecule has 0 unspecified atom stereocenters. The minimum atomic E-state index is -3.85. The highest BCUT2D eigenvalue weighted by Gasteiger charge is 2.33. The van der Waals surface area contributed by atoms with Gasteiger partial charge in [-0.3, -0.25) is 9.52 Å². The van der Waals surface area contributed by atoms with Gasteiger partial charge < -0.3 is 5.32 Å². The second-order valence-corrected chi connectivity index (χ2v) is 13.6. The molecule has 8 nitrogen and oxygen atoms in total. The second-order valence-electron chi connectivity index (χ2n) is 8.78. The molecule has 192 valence electrons. The Morgan fingerprint density at radius 2 is 1.65 bits per heavy atom. The first-order valence-electron chi connectivity index (χ1n) is 11.7. The van der Waals surface area contributed by atoms with E-state index in [9.17, 15) is 21.6 Å². The third kappa shape index (κ3) is 5.40. The fraction of sp³-hybridized carbons (Fsp3) is 0.192. The number of hydrogen-bond acceptors (Lipinski definition) is 6. The van der Waals surface area contributed by atoms with E-state index in [1.54, 1.807) is 29.6 Å². The van der Waals surface area contributed by atoms with Crippen LogP contribution in [0.1, 0.15) is 12.8 Å². The zero-order valence-corrected chi connectivity index (χ0v) is 22.2. The van der Waals surface area contributed by atoms with E-state index in [1.165, 1.54) is 28.6 Å². The molecule has 2 heterocycles. The number of piperidine rings is 1. The van der Waals surface area contributed by atoms with Gasteiger partial charge in [0.25, 0.3) is 20.0 Å². The van der Waals surface area contributed by atoms with E-state index >= 15 is 0 Å². The van der Waals surface area contributed by atoms with Crippen LogP contribution in [0, 0.1) is 5.92 Å². The van der Waals surface area contributed by atoms with Crippen molar-refractivity contribution in [3.63, 3.8) is 0 Å². The van der Waals surface area contributed by atoms with Crippen LogP contribution >= 0.6 is 11.3 Å². The fourth-order valence-electron chi connectivity index (χ4n) is 4.39. The Kier molecular flexibility index (Phi) is 7.04. The molecule has 5 rings (SSSR count). The fourth-order valence-corrected chi connectivity index (χ4v) is 8.14. The summed E-state index contributed by atoms with van der Waals surface area (Å²) in [4.78, 5) is 13.0. The summed E-state index contributed by atoms with van der Waals surface area (Å²) in [6, 6.07) is 22.1. The Balaban J connectivity index is 1.26. The van der Waals surface area contributed by atoms with Crippen molar-refractivity contribution in [3.8, 4) is 0 Å². The second kappa shape index (κ2) is 10.3. The lowest BCUT2D eigenvalue weighted by molar-refractivity contribution is -0.120. The van der Waals surface area contributed by atoms with Crippen LogP contribution in [0.4, 0.5) is 11.4 Å². The van der Waals surface area contributed by atoms with Gasteiger partial charge in [0, 0.05) is 24.2 Å². The van der Waals surface area contributed by atoms with Crippen LogP contribution in [-0.2, 0) is 24.8 Å². The number of nitrogens with one attached hydrogen (secondary N) is 2. The van der Waals surface area contributed by atoms with Crippen LogP contribution in [0.2, 0.25) is 0 Å². The largest absolute Gasteiger partial charge is 0.326 e. The highest BCUT2D eigenvalue weighted by Crippen LogP contribution is 2.28. The molecule has 0 radical (unpaired) electrons. The molecule has 1 aromatic heterocycles. The molecule has 37 heavy (non-hydrogen) atoms. The summed E-state index contributed by atoms with van der Waals surface area (Å²) < 4.78 is 56.0. The molecule has 1 fully saturated rings. The number of benzene rings is 3. The lowest BCUT2D eigenvalue weighted by Gasteiger charge is -2.30. The van der Waals surface area contributed by atoms with Crippen molar-refractivity contribution in [1.29, 1.82) is 0 Å². The van der Waals surface area contributed by atoms with Gasteiger partial charge in [0.15, 0.2) is 0 Å². The lowest BCUT2D eigenvalue weighted by atomic mass is 9.99. The van der Waals surface area contributed by atoms with Crippen LogP contribution in [0.5, 0.6) is 0 Å². The van der Waals surface area contributed by atoms with E-state index in [0.717, 1.165) is 22.1 Å². The molecule has 1 amide bonds. The van der Waals surface area contributed by atoms with Gasteiger partial charge in [-0.05, 0) is 60.0 Å². The molecule has 0 saturated carbocycles. The summed E-state index contributed by atoms with van der Waals surface area (Å²) >= 11 is 1.16. The minimum Gasteiger partial charge on any atom is -0.326 e. The molecular weight excluding hydrogens is 531 g/mol. The quantitative estimate of drug-likeness (QED) is 0.342. The molecular formula is C26H25N3O5S3. The van der Waals surface area contributed by atoms with E-state index in [0.29, 0.717) is 30.8 Å². The van der Waals surface area contributed by atoms with E-state index in [4.69, 9.17) is 0 Å². The number of anilines is 2. The molecule has 2 N–H and O–H groups in total. The average Bonchev–Trinajstić information content (AvgIpc) is 3.45. The summed E-state index contributed by atoms with van der Waals surface area (Å²) in [6.45, 7) is 0.480. The predicted octanol–water partition coefficient (Wildman–Crippen LogP) is 4.74. The molecule has 4 aromatic rings. The molecule has 1 atom stereocenters. The van der Waals surface area contributed by atoms with Crippen molar-refractivity contribution >= 4 is 59.4 Å². The van der Waals surface area contributed by atoms with Gasteiger partial charge in [0.05, 0.1) is 16.5 Å². The maximum atomic E-state index is 13.0. The van der Waals surface area contributed by atoms with E-state index in [-0.39, 0.29) is 21.6 Å². The first-order valence-corrected chi connectivity index (χ1v) is 15.5. The highest BCUT2D eigenvalue weighted by atomic mass is 32.2. The van der Waals surface area contributed by atoms with Crippen molar-refractivity contribution in [2.75, 3.05) is 23.1 Å². The number of rotatable bonds is 7. The summed E-state index contributed by atoms with van der Waals surface area (Å²) in [7, 11) is -7.47. The summed E-state index contributed by atoms with van der Waals surface area (Å²) in [5, 5.41) is 6.22. The maximum absolute atomic E-state index is 13.0. The van der Waals surface area contributed by atoms with E-state index in [1.807, 2.05) is 30.3 Å². The van der Waals surface area contributed by atoms with Gasteiger partial charge in [0.2, 0.25) is 5.91 Å². The van der Waals surface area contributed by atoms with Gasteiger partial charge in [-0.25, -0.2) is 16.8 Å². The van der Waals surface area contributed by atoms with Crippen LogP contribution in [0.3, 0.4) is 0 Å². The maximum Gasteiger partial charge on any atom is 0.261 e. The Labute approximate surface area is 220 Å². The number of carbonyl (C=O) groups is 1. The number of sulfonamides is 2. The van der Waals surface area contributed by atoms with Crippen LogP contribution in [0.25, 0.3) is 10.8 Å². The van der Waals surface area contributed by atoms with Crippen LogP contribution in [-0.4, -0.2) is 40.1 Å². The van der Waals surface area contributed by atoms with Crippen LogP contribution < -0.4 is 10.0 Å². The Hall–Kier alpha value is -3.25. The first kappa shape index (κ1) is 25.4. The third-order valence-electron chi connectivity index (χ3n) is 6.31. The number of nitrogens with zero attached hydrogens (tertiary/aromatic N) is 1. The standard InChI is InChI=1S/C26H25N3O5S3/c30-26(20-8-4-16-29(18-20)37(33,34)25-11-5-17-35-25)27-21-12-14-22(15-13-21)36(31,32)28-24-10-3-7-19-6-1-2-9-23(19)24/h1-3,5-7,9-15,17,20,28H,4,8,16,18H2,(H,27,30)/t20-/m0/s1. The highest BCUT2D eigenvalue weighted by molar-refractivity contribution is 7.92. The average molecular weight is 556 g/mol. The van der Waals surface area contributed by atoms with Gasteiger partial charge in [-0.15, -0.1) is 11.3 Å². The number of fused-ring (bicyclic) bond motifs is 1. The molecule has 1 saturated heterocycles. The van der Waals surface area contributed by atoms with Gasteiger partial charge in [-0.1, -0.05) is 42.5 Å². The van der Waals surface area contributed by atoms with Crippen molar-refractivity contribution in [2.24, 2.45) is 5.92 Å². The third-order valence-corrected chi connectivity index (χ3v) is 10.9. The van der Waals surface area contributed by atoms with Gasteiger partial charge in [-0.2, -0.15) is 4.31 Å². The summed E-state index contributed by atoms with van der Waals surface area (Å²) in [5.41, 5.74) is 0.919. The number of carbonyl (C=O) groups excluding carboxylic acids is 1. The van der Waals surface area contributed by atoms with Crippen molar-refractivity contribution in [1.82, 2.24) is 4.31 Å². The van der Waals surface area contributed by atoms with Gasteiger partial charge >= 0.3 is 0 Å². The predicted molar refractivity (Wildman–Crippen MR) is 146 cm³/mol. The topological polar surface area (TPSA) is 113 Å². The molecule has 1 aliphatic rings. The molecule has 3 aromatic carbocycles. The Morgan fingerprint density at radius 1 is 0.892 bits per heavy atom. The Morgan fingerprint density at radius 3 is 2.41 bits per heavy atom. The zero-order valence-electron chi connectivity index (χ0n) is 19.7. The summed E-state index contributed by atoms with van der Waals surface area (Å²) in [5.74, 6) is -0.796. The normalized spacial score (nSPS) is 16.9. The zero-order chi connectivity index (χ0) is 26.0. The Bertz CT molecular complexity index is 1630. The molecule has 11 heteroatoms. The number of hydrogen-bond donors (Lipinski definition) is 2. The molecule has 0 bridgehead atoms. The van der Waals surface area contributed by atoms with Crippen molar-refractivity contribution < 1.29 is 21.6 Å². The smallest absolute Gasteiger partial charge is 0.261 e. The molecule has 0 spiro atoms. The molecule has 1 aliphatic heterocycles. The number of thiophene rings is 1. The first-order chi connectivity index (χ1) is 17.7.